The number of hydrogen-bond acceptors (Lipinski definition) is 3. The summed E-state index contributed by atoms with van der Waals surface area (Å²) >= 11 is 0. The van der Waals surface area contributed by atoms with Crippen molar-refractivity contribution < 1.29 is 14.3 Å². The molecule has 142 valence electrons. The first-order valence-corrected chi connectivity index (χ1v) is 8.99. The zero-order chi connectivity index (χ0) is 19.8. The van der Waals surface area contributed by atoms with Gasteiger partial charge in [0, 0.05) is 12.2 Å². The van der Waals surface area contributed by atoms with Gasteiger partial charge in [-0.15, -0.1) is 0 Å². The number of hydrogen-bond donors (Lipinski definition) is 1. The molecular formula is C23H22N2O3. The fourth-order valence-electron chi connectivity index (χ4n) is 2.80. The predicted molar refractivity (Wildman–Crippen MR) is 109 cm³/mol. The van der Waals surface area contributed by atoms with Gasteiger partial charge in [-0.2, -0.15) is 0 Å². The zero-order valence-electron chi connectivity index (χ0n) is 15.7. The number of nitrogens with zero attached hydrogens (tertiary/aromatic N) is 1. The van der Waals surface area contributed by atoms with Crippen molar-refractivity contribution in [1.82, 2.24) is 5.32 Å². The van der Waals surface area contributed by atoms with Gasteiger partial charge in [-0.05, 0) is 35.4 Å². The second kappa shape index (κ2) is 9.37. The highest BCUT2D eigenvalue weighted by molar-refractivity contribution is 5.92. The molecule has 28 heavy (non-hydrogen) atoms. The van der Waals surface area contributed by atoms with Crippen LogP contribution in [0, 0.1) is 0 Å². The van der Waals surface area contributed by atoms with Gasteiger partial charge in [0.1, 0.15) is 0 Å². The first-order chi connectivity index (χ1) is 13.7. The zero-order valence-corrected chi connectivity index (χ0v) is 15.7. The van der Waals surface area contributed by atoms with Crippen LogP contribution >= 0.6 is 0 Å². The highest BCUT2D eigenvalue weighted by atomic mass is 16.5. The first kappa shape index (κ1) is 19.2. The number of anilines is 1. The molecule has 0 radical (unpaired) electrons. The summed E-state index contributed by atoms with van der Waals surface area (Å²) < 4.78 is 4.70. The molecular weight excluding hydrogens is 352 g/mol. The van der Waals surface area contributed by atoms with Crippen molar-refractivity contribution in [3.8, 4) is 0 Å². The third kappa shape index (κ3) is 4.98. The van der Waals surface area contributed by atoms with E-state index in [1.54, 1.807) is 29.2 Å². The lowest BCUT2D eigenvalue weighted by atomic mass is 10.1. The molecule has 5 heteroatoms. The molecule has 2 amide bonds. The van der Waals surface area contributed by atoms with Gasteiger partial charge in [-0.1, -0.05) is 60.7 Å². The maximum absolute atomic E-state index is 12.9. The van der Waals surface area contributed by atoms with E-state index in [0.29, 0.717) is 18.7 Å². The van der Waals surface area contributed by atoms with Crippen LogP contribution in [0.2, 0.25) is 0 Å². The molecule has 5 nitrogen and oxygen atoms in total. The van der Waals surface area contributed by atoms with Gasteiger partial charge in [0.15, 0.2) is 0 Å². The Morgan fingerprint density at radius 3 is 2.04 bits per heavy atom. The fourth-order valence-corrected chi connectivity index (χ4v) is 2.80. The molecule has 0 aliphatic heterocycles. The van der Waals surface area contributed by atoms with E-state index in [0.717, 1.165) is 16.8 Å². The lowest BCUT2D eigenvalue weighted by Gasteiger charge is -2.23. The molecule has 0 saturated carbocycles. The Bertz CT molecular complexity index is 910. The number of esters is 1. The van der Waals surface area contributed by atoms with Gasteiger partial charge < -0.3 is 10.1 Å². The van der Waals surface area contributed by atoms with Crippen LogP contribution in [-0.4, -0.2) is 19.1 Å². The largest absolute Gasteiger partial charge is 0.465 e. The second-order valence-corrected chi connectivity index (χ2v) is 6.25. The van der Waals surface area contributed by atoms with Gasteiger partial charge >= 0.3 is 12.0 Å². The van der Waals surface area contributed by atoms with E-state index >= 15 is 0 Å². The molecule has 1 N–H and O–H groups in total. The van der Waals surface area contributed by atoms with E-state index in [-0.39, 0.29) is 12.0 Å². The summed E-state index contributed by atoms with van der Waals surface area (Å²) in [6.07, 6.45) is 0. The molecule has 0 heterocycles. The van der Waals surface area contributed by atoms with Gasteiger partial charge in [0.2, 0.25) is 0 Å². The topological polar surface area (TPSA) is 58.6 Å². The lowest BCUT2D eigenvalue weighted by molar-refractivity contribution is 0.0600. The summed E-state index contributed by atoms with van der Waals surface area (Å²) in [5.41, 5.74) is 3.25. The average Bonchev–Trinajstić information content (AvgIpc) is 2.77. The monoisotopic (exact) mass is 374 g/mol. The summed E-state index contributed by atoms with van der Waals surface area (Å²) in [4.78, 5) is 26.1. The minimum Gasteiger partial charge on any atom is -0.465 e. The maximum atomic E-state index is 12.9. The van der Waals surface area contributed by atoms with E-state index in [1.165, 1.54) is 7.11 Å². The smallest absolute Gasteiger partial charge is 0.337 e. The summed E-state index contributed by atoms with van der Waals surface area (Å²) in [5.74, 6) is -0.381. The van der Waals surface area contributed by atoms with Gasteiger partial charge in [0.25, 0.3) is 0 Å². The molecule has 0 atom stereocenters. The van der Waals surface area contributed by atoms with E-state index in [9.17, 15) is 9.59 Å². The lowest BCUT2D eigenvalue weighted by Crippen LogP contribution is -2.39. The molecule has 0 spiro atoms. The minimum absolute atomic E-state index is 0.188. The number of rotatable bonds is 6. The summed E-state index contributed by atoms with van der Waals surface area (Å²) in [7, 11) is 1.35. The molecule has 0 unspecified atom stereocenters. The molecule has 0 aliphatic carbocycles. The number of amides is 2. The Kier molecular flexibility index (Phi) is 6.41. The normalized spacial score (nSPS) is 10.2. The third-order valence-corrected chi connectivity index (χ3v) is 4.32. The average molecular weight is 374 g/mol. The van der Waals surface area contributed by atoms with Crippen molar-refractivity contribution in [2.24, 2.45) is 0 Å². The molecule has 0 saturated heterocycles. The number of nitrogens with one attached hydrogen (secondary N) is 1. The van der Waals surface area contributed by atoms with Crippen LogP contribution in [0.1, 0.15) is 21.5 Å². The summed E-state index contributed by atoms with van der Waals surface area (Å²) in [5, 5.41) is 2.95. The first-order valence-electron chi connectivity index (χ1n) is 8.99. The van der Waals surface area contributed by atoms with Crippen LogP contribution < -0.4 is 10.2 Å². The Balaban J connectivity index is 1.70. The Morgan fingerprint density at radius 2 is 1.43 bits per heavy atom. The van der Waals surface area contributed by atoms with E-state index < -0.39 is 0 Å². The number of ether oxygens (including phenoxy) is 1. The third-order valence-electron chi connectivity index (χ3n) is 4.32. The van der Waals surface area contributed by atoms with Crippen molar-refractivity contribution in [1.29, 1.82) is 0 Å². The Labute approximate surface area is 164 Å². The van der Waals surface area contributed by atoms with Gasteiger partial charge in [-0.25, -0.2) is 9.59 Å². The van der Waals surface area contributed by atoms with Crippen molar-refractivity contribution >= 4 is 17.7 Å². The van der Waals surface area contributed by atoms with Crippen LogP contribution in [0.4, 0.5) is 10.5 Å². The molecule has 3 aromatic carbocycles. The van der Waals surface area contributed by atoms with E-state index in [2.05, 4.69) is 5.32 Å². The highest BCUT2D eigenvalue weighted by Crippen LogP contribution is 2.17. The summed E-state index contributed by atoms with van der Waals surface area (Å²) in [6.45, 7) is 0.830. The highest BCUT2D eigenvalue weighted by Gasteiger charge is 2.16. The number of urea groups is 1. The quantitative estimate of drug-likeness (QED) is 0.651. The minimum atomic E-state index is -0.381. The molecule has 0 bridgehead atoms. The van der Waals surface area contributed by atoms with Crippen LogP contribution in [0.15, 0.2) is 84.9 Å². The number of carbonyl (C=O) groups excluding carboxylic acids is 2. The van der Waals surface area contributed by atoms with E-state index in [1.807, 2.05) is 60.7 Å². The fraction of sp³-hybridized carbons (Fsp3) is 0.130. The maximum Gasteiger partial charge on any atom is 0.337 e. The molecule has 0 aromatic heterocycles. The van der Waals surface area contributed by atoms with Crippen molar-refractivity contribution in [2.45, 2.75) is 13.1 Å². The number of carbonyl (C=O) groups is 2. The van der Waals surface area contributed by atoms with Crippen LogP contribution in [-0.2, 0) is 17.8 Å². The standard InChI is InChI=1S/C23H22N2O3/c1-28-22(26)20-14-12-18(13-15-20)16-24-23(27)25(21-10-6-3-7-11-21)17-19-8-4-2-5-9-19/h2-15H,16-17H2,1H3,(H,24,27). The SMILES string of the molecule is COC(=O)c1ccc(CNC(=O)N(Cc2ccccc2)c2ccccc2)cc1. The van der Waals surface area contributed by atoms with Gasteiger partial charge in [0.05, 0.1) is 19.2 Å². The van der Waals surface area contributed by atoms with Crippen LogP contribution in [0.25, 0.3) is 0 Å². The molecule has 3 rings (SSSR count). The van der Waals surface area contributed by atoms with Crippen LogP contribution in [0.5, 0.6) is 0 Å². The second-order valence-electron chi connectivity index (χ2n) is 6.25. The molecule has 0 aliphatic rings. The van der Waals surface area contributed by atoms with Crippen molar-refractivity contribution in [3.05, 3.63) is 102 Å². The Morgan fingerprint density at radius 1 is 0.821 bits per heavy atom. The number of benzene rings is 3. The van der Waals surface area contributed by atoms with Crippen LogP contribution in [0.3, 0.4) is 0 Å². The van der Waals surface area contributed by atoms with E-state index in [4.69, 9.17) is 4.74 Å². The van der Waals surface area contributed by atoms with Crippen molar-refractivity contribution in [2.75, 3.05) is 12.0 Å². The number of methoxy groups -OCH3 is 1. The summed E-state index contributed by atoms with van der Waals surface area (Å²) in [6, 6.07) is 26.2. The predicted octanol–water partition coefficient (Wildman–Crippen LogP) is 4.39. The van der Waals surface area contributed by atoms with Gasteiger partial charge in [-0.3, -0.25) is 4.90 Å². The molecule has 0 fully saturated rings. The molecule has 3 aromatic rings. The van der Waals surface area contributed by atoms with Crippen molar-refractivity contribution in [3.63, 3.8) is 0 Å². The number of para-hydroxylation sites is 1. The Hall–Kier alpha value is -3.60.